The Bertz CT molecular complexity index is 738. The van der Waals surface area contributed by atoms with Gasteiger partial charge in [0.1, 0.15) is 0 Å². The van der Waals surface area contributed by atoms with Crippen LogP contribution in [0.25, 0.3) is 0 Å². The first kappa shape index (κ1) is 23.3. The zero-order valence-electron chi connectivity index (χ0n) is 14.8. The number of halogens is 1. The van der Waals surface area contributed by atoms with Gasteiger partial charge in [0.15, 0.2) is 0 Å². The van der Waals surface area contributed by atoms with Gasteiger partial charge in [0.05, 0.1) is 9.82 Å². The van der Waals surface area contributed by atoms with E-state index in [1.165, 1.54) is 18.2 Å². The minimum absolute atomic E-state index is 0. The largest absolute Gasteiger partial charge is 0.355 e. The van der Waals surface area contributed by atoms with Gasteiger partial charge in [-0.15, -0.1) is 12.4 Å². The SMILES string of the molecule is Cl.O=C(CCC1CCNCC1)NCCNS(=O)(=O)c1cccc([N+](=O)[O-])c1. The highest BCUT2D eigenvalue weighted by atomic mass is 35.5. The van der Waals surface area contributed by atoms with Crippen molar-refractivity contribution in [2.75, 3.05) is 26.2 Å². The van der Waals surface area contributed by atoms with Crippen LogP contribution in [-0.4, -0.2) is 45.4 Å². The van der Waals surface area contributed by atoms with E-state index in [0.29, 0.717) is 12.3 Å². The van der Waals surface area contributed by atoms with Crippen molar-refractivity contribution in [3.05, 3.63) is 34.4 Å². The predicted molar refractivity (Wildman–Crippen MR) is 103 cm³/mol. The number of benzene rings is 1. The Morgan fingerprint density at radius 3 is 2.63 bits per heavy atom. The molecule has 1 aromatic carbocycles. The zero-order chi connectivity index (χ0) is 19.0. The molecule has 0 atom stereocenters. The fourth-order valence-corrected chi connectivity index (χ4v) is 3.90. The second kappa shape index (κ2) is 11.2. The lowest BCUT2D eigenvalue weighted by Crippen LogP contribution is -2.35. The Kier molecular flexibility index (Phi) is 9.64. The Hall–Kier alpha value is -1.75. The van der Waals surface area contributed by atoms with Crippen LogP contribution in [0.5, 0.6) is 0 Å². The van der Waals surface area contributed by atoms with E-state index < -0.39 is 14.9 Å². The summed E-state index contributed by atoms with van der Waals surface area (Å²) in [6, 6.07) is 4.82. The molecule has 152 valence electrons. The van der Waals surface area contributed by atoms with Crippen molar-refractivity contribution in [1.82, 2.24) is 15.4 Å². The molecule has 1 saturated heterocycles. The number of nitrogens with zero attached hydrogens (tertiary/aromatic N) is 1. The van der Waals surface area contributed by atoms with Gasteiger partial charge in [0.2, 0.25) is 15.9 Å². The number of non-ortho nitro benzene ring substituents is 1. The molecular formula is C16H25ClN4O5S. The van der Waals surface area contributed by atoms with E-state index in [-0.39, 0.29) is 42.0 Å². The average Bonchev–Trinajstić information content (AvgIpc) is 2.64. The average molecular weight is 421 g/mol. The molecule has 1 aromatic rings. The number of nitro groups is 1. The molecule has 1 aliphatic heterocycles. The first-order chi connectivity index (χ1) is 12.4. The number of rotatable bonds is 9. The molecule has 0 saturated carbocycles. The minimum Gasteiger partial charge on any atom is -0.355 e. The molecule has 0 radical (unpaired) electrons. The van der Waals surface area contributed by atoms with Crippen molar-refractivity contribution in [2.24, 2.45) is 5.92 Å². The van der Waals surface area contributed by atoms with Gasteiger partial charge in [-0.3, -0.25) is 14.9 Å². The molecule has 0 aromatic heterocycles. The third-order valence-corrected chi connectivity index (χ3v) is 5.78. The van der Waals surface area contributed by atoms with Crippen molar-refractivity contribution in [3.8, 4) is 0 Å². The van der Waals surface area contributed by atoms with Crippen LogP contribution in [0, 0.1) is 16.0 Å². The van der Waals surface area contributed by atoms with E-state index in [9.17, 15) is 23.3 Å². The fraction of sp³-hybridized carbons (Fsp3) is 0.562. The lowest BCUT2D eigenvalue weighted by atomic mass is 9.93. The Balaban J connectivity index is 0.00000364. The van der Waals surface area contributed by atoms with Crippen LogP contribution < -0.4 is 15.4 Å². The van der Waals surface area contributed by atoms with E-state index in [1.807, 2.05) is 0 Å². The highest BCUT2D eigenvalue weighted by Gasteiger charge is 2.17. The molecule has 1 aliphatic rings. The number of carbonyl (C=O) groups excluding carboxylic acids is 1. The standard InChI is InChI=1S/C16H24N4O5S.ClH/c21-16(5-4-13-6-8-17-9-7-13)18-10-11-19-26(24,25)15-3-1-2-14(12-15)20(22)23;/h1-3,12-13,17,19H,4-11H2,(H,18,21);1H. The van der Waals surface area contributed by atoms with Crippen molar-refractivity contribution >= 4 is 34.0 Å². The molecule has 0 bridgehead atoms. The van der Waals surface area contributed by atoms with Crippen molar-refractivity contribution < 1.29 is 18.1 Å². The molecule has 1 heterocycles. The Labute approximate surface area is 164 Å². The van der Waals surface area contributed by atoms with Gasteiger partial charge in [0, 0.05) is 31.6 Å². The van der Waals surface area contributed by atoms with Crippen molar-refractivity contribution in [3.63, 3.8) is 0 Å². The first-order valence-corrected chi connectivity index (χ1v) is 10.1. The highest BCUT2D eigenvalue weighted by Crippen LogP contribution is 2.18. The van der Waals surface area contributed by atoms with Crippen molar-refractivity contribution in [1.29, 1.82) is 0 Å². The molecule has 9 nitrogen and oxygen atoms in total. The number of carbonyl (C=O) groups is 1. The quantitative estimate of drug-likeness (QED) is 0.312. The van der Waals surface area contributed by atoms with Crippen LogP contribution >= 0.6 is 12.4 Å². The molecule has 1 fully saturated rings. The van der Waals surface area contributed by atoms with E-state index in [0.717, 1.165) is 38.4 Å². The molecule has 11 heteroatoms. The molecular weight excluding hydrogens is 396 g/mol. The minimum atomic E-state index is -3.86. The molecule has 3 N–H and O–H groups in total. The maximum atomic E-state index is 12.1. The summed E-state index contributed by atoms with van der Waals surface area (Å²) in [6.45, 7) is 2.17. The fourth-order valence-electron chi connectivity index (χ4n) is 2.83. The highest BCUT2D eigenvalue weighted by molar-refractivity contribution is 7.89. The van der Waals surface area contributed by atoms with E-state index >= 15 is 0 Å². The van der Waals surface area contributed by atoms with Gasteiger partial charge >= 0.3 is 0 Å². The summed E-state index contributed by atoms with van der Waals surface area (Å²) in [5, 5.41) is 16.7. The zero-order valence-corrected chi connectivity index (χ0v) is 16.5. The van der Waals surface area contributed by atoms with Crippen LogP contribution in [0.4, 0.5) is 5.69 Å². The smallest absolute Gasteiger partial charge is 0.270 e. The van der Waals surface area contributed by atoms with Crippen molar-refractivity contribution in [2.45, 2.75) is 30.6 Å². The molecule has 1 amide bonds. The number of hydrogen-bond donors (Lipinski definition) is 3. The van der Waals surface area contributed by atoms with E-state index in [1.54, 1.807) is 0 Å². The predicted octanol–water partition coefficient (Wildman–Crippen LogP) is 1.19. The van der Waals surface area contributed by atoms with Gasteiger partial charge in [-0.1, -0.05) is 6.07 Å². The molecule has 0 aliphatic carbocycles. The number of sulfonamides is 1. The van der Waals surface area contributed by atoms with Gasteiger partial charge in [-0.05, 0) is 44.3 Å². The van der Waals surface area contributed by atoms with Gasteiger partial charge in [-0.2, -0.15) is 0 Å². The summed E-state index contributed by atoms with van der Waals surface area (Å²) in [6.07, 6.45) is 3.43. The Morgan fingerprint density at radius 1 is 1.26 bits per heavy atom. The normalized spacial score (nSPS) is 15.0. The summed E-state index contributed by atoms with van der Waals surface area (Å²) in [4.78, 5) is 21.7. The second-order valence-corrected chi connectivity index (χ2v) is 8.00. The number of hydrogen-bond acceptors (Lipinski definition) is 6. The summed E-state index contributed by atoms with van der Waals surface area (Å²) < 4.78 is 26.6. The van der Waals surface area contributed by atoms with Gasteiger partial charge < -0.3 is 10.6 Å². The number of amides is 1. The van der Waals surface area contributed by atoms with Gasteiger partial charge in [0.25, 0.3) is 5.69 Å². The third kappa shape index (κ3) is 7.79. The van der Waals surface area contributed by atoms with Crippen LogP contribution in [-0.2, 0) is 14.8 Å². The molecule has 2 rings (SSSR count). The van der Waals surface area contributed by atoms with Crippen LogP contribution in [0.2, 0.25) is 0 Å². The monoisotopic (exact) mass is 420 g/mol. The maximum Gasteiger partial charge on any atom is 0.270 e. The van der Waals surface area contributed by atoms with Crippen LogP contribution in [0.3, 0.4) is 0 Å². The molecule has 0 unspecified atom stereocenters. The van der Waals surface area contributed by atoms with Crippen LogP contribution in [0.1, 0.15) is 25.7 Å². The van der Waals surface area contributed by atoms with E-state index in [4.69, 9.17) is 0 Å². The second-order valence-electron chi connectivity index (χ2n) is 6.23. The number of nitro benzene ring substituents is 1. The van der Waals surface area contributed by atoms with E-state index in [2.05, 4.69) is 15.4 Å². The number of nitrogens with one attached hydrogen (secondary N) is 3. The third-order valence-electron chi connectivity index (χ3n) is 4.32. The number of piperidine rings is 1. The maximum absolute atomic E-state index is 12.1. The molecule has 27 heavy (non-hydrogen) atoms. The Morgan fingerprint density at radius 2 is 1.96 bits per heavy atom. The van der Waals surface area contributed by atoms with Gasteiger partial charge in [-0.25, -0.2) is 13.1 Å². The summed E-state index contributed by atoms with van der Waals surface area (Å²) in [5.41, 5.74) is -0.293. The first-order valence-electron chi connectivity index (χ1n) is 8.60. The topological polar surface area (TPSA) is 130 Å². The summed E-state index contributed by atoms with van der Waals surface area (Å²) in [5.74, 6) is 0.465. The molecule has 0 spiro atoms. The lowest BCUT2D eigenvalue weighted by Gasteiger charge is -2.22. The summed E-state index contributed by atoms with van der Waals surface area (Å²) in [7, 11) is -3.86. The van der Waals surface area contributed by atoms with Crippen LogP contribution in [0.15, 0.2) is 29.2 Å². The summed E-state index contributed by atoms with van der Waals surface area (Å²) >= 11 is 0. The lowest BCUT2D eigenvalue weighted by molar-refractivity contribution is -0.385.